The van der Waals surface area contributed by atoms with Crippen molar-refractivity contribution in [1.29, 1.82) is 0 Å². The van der Waals surface area contributed by atoms with E-state index < -0.39 is 5.97 Å². The molecule has 1 fully saturated rings. The summed E-state index contributed by atoms with van der Waals surface area (Å²) in [6.07, 6.45) is 1.68. The Bertz CT molecular complexity index is 809. The molecule has 3 rings (SSSR count). The van der Waals surface area contributed by atoms with Gasteiger partial charge in [-0.05, 0) is 49.1 Å². The van der Waals surface area contributed by atoms with Crippen LogP contribution in [0, 0.1) is 6.92 Å². The molecular weight excluding hydrogens is 330 g/mol. The number of carbonyl (C=O) groups excluding carboxylic acids is 1. The normalized spacial score (nSPS) is 16.0. The maximum atomic E-state index is 12.6. The van der Waals surface area contributed by atoms with Gasteiger partial charge in [0.05, 0.1) is 5.56 Å². The standard InChI is InChI=1S/C21H23NO4/c1-15-5-2-3-8-18(15)21(9-11-26-12-10-21)14-22-19(23)16-6-4-7-17(13-16)20(24)25/h2-8,13H,9-12,14H2,1H3,(H,22,23)(H,24,25). The quantitative estimate of drug-likeness (QED) is 0.866. The molecule has 0 spiro atoms. The van der Waals surface area contributed by atoms with Crippen LogP contribution in [0.15, 0.2) is 48.5 Å². The number of aromatic carboxylic acids is 1. The SMILES string of the molecule is Cc1ccccc1C1(CNC(=O)c2cccc(C(=O)O)c2)CCOCC1. The Morgan fingerprint density at radius 1 is 1.08 bits per heavy atom. The van der Waals surface area contributed by atoms with Gasteiger partial charge < -0.3 is 15.2 Å². The molecule has 26 heavy (non-hydrogen) atoms. The summed E-state index contributed by atoms with van der Waals surface area (Å²) in [4.78, 5) is 23.7. The van der Waals surface area contributed by atoms with Crippen molar-refractivity contribution in [2.45, 2.75) is 25.2 Å². The van der Waals surface area contributed by atoms with E-state index in [1.807, 2.05) is 12.1 Å². The van der Waals surface area contributed by atoms with Gasteiger partial charge >= 0.3 is 5.97 Å². The van der Waals surface area contributed by atoms with Gasteiger partial charge in [0.25, 0.3) is 5.91 Å². The smallest absolute Gasteiger partial charge is 0.335 e. The lowest BCUT2D eigenvalue weighted by Gasteiger charge is -2.39. The number of rotatable bonds is 5. The minimum absolute atomic E-state index is 0.109. The van der Waals surface area contributed by atoms with E-state index in [1.165, 1.54) is 23.3 Å². The monoisotopic (exact) mass is 353 g/mol. The summed E-state index contributed by atoms with van der Waals surface area (Å²) in [5.41, 5.74) is 2.75. The minimum Gasteiger partial charge on any atom is -0.478 e. The Labute approximate surface area is 153 Å². The van der Waals surface area contributed by atoms with Crippen LogP contribution in [0.5, 0.6) is 0 Å². The number of aryl methyl sites for hydroxylation is 1. The first-order chi connectivity index (χ1) is 12.5. The second kappa shape index (κ2) is 7.70. The van der Waals surface area contributed by atoms with Gasteiger partial charge in [-0.3, -0.25) is 4.79 Å². The van der Waals surface area contributed by atoms with Gasteiger partial charge in [-0.1, -0.05) is 30.3 Å². The zero-order valence-corrected chi connectivity index (χ0v) is 14.8. The summed E-state index contributed by atoms with van der Waals surface area (Å²) in [6, 6.07) is 14.4. The van der Waals surface area contributed by atoms with Crippen LogP contribution < -0.4 is 5.32 Å². The highest BCUT2D eigenvalue weighted by Crippen LogP contribution is 2.36. The Morgan fingerprint density at radius 3 is 2.46 bits per heavy atom. The molecule has 5 nitrogen and oxygen atoms in total. The maximum absolute atomic E-state index is 12.6. The van der Waals surface area contributed by atoms with Gasteiger partial charge in [0.2, 0.25) is 0 Å². The van der Waals surface area contributed by atoms with Crippen LogP contribution in [0.1, 0.15) is 44.7 Å². The van der Waals surface area contributed by atoms with Crippen LogP contribution in [0.2, 0.25) is 0 Å². The summed E-state index contributed by atoms with van der Waals surface area (Å²) >= 11 is 0. The number of benzene rings is 2. The number of carbonyl (C=O) groups is 2. The molecule has 1 amide bonds. The molecule has 1 saturated heterocycles. The Hall–Kier alpha value is -2.66. The van der Waals surface area contributed by atoms with Gasteiger partial charge in [-0.25, -0.2) is 4.79 Å². The molecule has 0 aliphatic carbocycles. The molecule has 0 atom stereocenters. The van der Waals surface area contributed by atoms with Crippen molar-refractivity contribution < 1.29 is 19.4 Å². The van der Waals surface area contributed by atoms with Crippen LogP contribution in [-0.2, 0) is 10.2 Å². The first-order valence-corrected chi connectivity index (χ1v) is 8.77. The lowest BCUT2D eigenvalue weighted by Crippen LogP contribution is -2.45. The fourth-order valence-corrected chi connectivity index (χ4v) is 3.62. The molecular formula is C21H23NO4. The lowest BCUT2D eigenvalue weighted by molar-refractivity contribution is 0.0485. The van der Waals surface area contributed by atoms with Crippen molar-refractivity contribution in [2.75, 3.05) is 19.8 Å². The van der Waals surface area contributed by atoms with Crippen LogP contribution in [0.25, 0.3) is 0 Å². The van der Waals surface area contributed by atoms with E-state index in [0.29, 0.717) is 25.3 Å². The number of hydrogen-bond acceptors (Lipinski definition) is 3. The summed E-state index contributed by atoms with van der Waals surface area (Å²) in [5, 5.41) is 12.1. The molecule has 2 aromatic rings. The number of carboxylic acid groups (broad SMARTS) is 1. The van der Waals surface area contributed by atoms with Crippen LogP contribution in [0.4, 0.5) is 0 Å². The number of hydrogen-bond donors (Lipinski definition) is 2. The predicted octanol–water partition coefficient (Wildman–Crippen LogP) is 3.17. The van der Waals surface area contributed by atoms with E-state index in [4.69, 9.17) is 9.84 Å². The summed E-state index contributed by atoms with van der Waals surface area (Å²) < 4.78 is 5.54. The van der Waals surface area contributed by atoms with E-state index in [0.717, 1.165) is 12.8 Å². The Kier molecular flexibility index (Phi) is 5.38. The van der Waals surface area contributed by atoms with E-state index in [-0.39, 0.29) is 16.9 Å². The molecule has 0 aromatic heterocycles. The van der Waals surface area contributed by atoms with Crippen LogP contribution in [-0.4, -0.2) is 36.7 Å². The van der Waals surface area contributed by atoms with Crippen molar-refractivity contribution >= 4 is 11.9 Å². The summed E-state index contributed by atoms with van der Waals surface area (Å²) in [5.74, 6) is -1.30. The van der Waals surface area contributed by atoms with E-state index in [2.05, 4.69) is 24.4 Å². The number of amides is 1. The van der Waals surface area contributed by atoms with E-state index in [9.17, 15) is 9.59 Å². The Balaban J connectivity index is 1.80. The molecule has 5 heteroatoms. The second-order valence-corrected chi connectivity index (χ2v) is 6.78. The molecule has 0 saturated carbocycles. The molecule has 1 aliphatic heterocycles. The first kappa shape index (κ1) is 18.1. The topological polar surface area (TPSA) is 75.6 Å². The number of ether oxygens (including phenoxy) is 1. The van der Waals surface area contributed by atoms with Gasteiger partial charge in [-0.2, -0.15) is 0 Å². The zero-order chi connectivity index (χ0) is 18.6. The van der Waals surface area contributed by atoms with Crippen LogP contribution >= 0.6 is 0 Å². The number of carboxylic acids is 1. The van der Waals surface area contributed by atoms with E-state index >= 15 is 0 Å². The van der Waals surface area contributed by atoms with Crippen molar-refractivity contribution in [3.8, 4) is 0 Å². The third-order valence-corrected chi connectivity index (χ3v) is 5.13. The van der Waals surface area contributed by atoms with Gasteiger partial charge in [0, 0.05) is 30.7 Å². The highest BCUT2D eigenvalue weighted by Gasteiger charge is 2.35. The molecule has 0 radical (unpaired) electrons. The van der Waals surface area contributed by atoms with Crippen molar-refractivity contribution in [2.24, 2.45) is 0 Å². The first-order valence-electron chi connectivity index (χ1n) is 8.77. The highest BCUT2D eigenvalue weighted by molar-refractivity contribution is 5.97. The van der Waals surface area contributed by atoms with Gasteiger partial charge in [-0.15, -0.1) is 0 Å². The maximum Gasteiger partial charge on any atom is 0.335 e. The second-order valence-electron chi connectivity index (χ2n) is 6.78. The average Bonchev–Trinajstić information content (AvgIpc) is 2.67. The molecule has 0 unspecified atom stereocenters. The molecule has 2 N–H and O–H groups in total. The van der Waals surface area contributed by atoms with Gasteiger partial charge in [0.1, 0.15) is 0 Å². The van der Waals surface area contributed by atoms with Crippen LogP contribution in [0.3, 0.4) is 0 Å². The van der Waals surface area contributed by atoms with E-state index in [1.54, 1.807) is 12.1 Å². The third kappa shape index (κ3) is 3.78. The molecule has 2 aromatic carbocycles. The summed E-state index contributed by atoms with van der Waals surface area (Å²) in [6.45, 7) is 3.92. The number of nitrogens with one attached hydrogen (secondary N) is 1. The third-order valence-electron chi connectivity index (χ3n) is 5.13. The average molecular weight is 353 g/mol. The molecule has 136 valence electrons. The Morgan fingerprint density at radius 2 is 1.77 bits per heavy atom. The summed E-state index contributed by atoms with van der Waals surface area (Å²) in [7, 11) is 0. The zero-order valence-electron chi connectivity index (χ0n) is 14.8. The van der Waals surface area contributed by atoms with Crippen molar-refractivity contribution in [3.05, 3.63) is 70.8 Å². The molecule has 1 aliphatic rings. The predicted molar refractivity (Wildman–Crippen MR) is 98.6 cm³/mol. The minimum atomic E-state index is -1.04. The van der Waals surface area contributed by atoms with Crippen molar-refractivity contribution in [1.82, 2.24) is 5.32 Å². The fraction of sp³-hybridized carbons (Fsp3) is 0.333. The highest BCUT2D eigenvalue weighted by atomic mass is 16.5. The molecule has 1 heterocycles. The van der Waals surface area contributed by atoms with Gasteiger partial charge in [0.15, 0.2) is 0 Å². The lowest BCUT2D eigenvalue weighted by atomic mass is 9.72. The fourth-order valence-electron chi connectivity index (χ4n) is 3.62. The molecule has 0 bridgehead atoms. The van der Waals surface area contributed by atoms with Crippen molar-refractivity contribution in [3.63, 3.8) is 0 Å². The largest absolute Gasteiger partial charge is 0.478 e.